The third kappa shape index (κ3) is 4.64. The summed E-state index contributed by atoms with van der Waals surface area (Å²) in [5.74, 6) is 1.11. The van der Waals surface area contributed by atoms with Gasteiger partial charge in [-0.2, -0.15) is 0 Å². The van der Waals surface area contributed by atoms with Gasteiger partial charge in [0.15, 0.2) is 29.6 Å². The molecule has 3 rings (SSSR count). The maximum absolute atomic E-state index is 12.1. The van der Waals surface area contributed by atoms with Crippen LogP contribution in [0.4, 0.5) is 0 Å². The zero-order valence-electron chi connectivity index (χ0n) is 15.6. The minimum atomic E-state index is -0.909. The van der Waals surface area contributed by atoms with E-state index in [1.54, 1.807) is 43.5 Å². The molecule has 0 aromatic heterocycles. The second kappa shape index (κ2) is 8.98. The Balaban J connectivity index is 1.45. The maximum atomic E-state index is 12.1. The Hall–Kier alpha value is -3.42. The molecule has 0 saturated carbocycles. The van der Waals surface area contributed by atoms with E-state index in [-0.39, 0.29) is 13.2 Å². The van der Waals surface area contributed by atoms with Gasteiger partial charge in [-0.15, -0.1) is 0 Å². The van der Waals surface area contributed by atoms with Crippen LogP contribution in [0.2, 0.25) is 0 Å². The van der Waals surface area contributed by atoms with E-state index in [2.05, 4.69) is 5.32 Å². The van der Waals surface area contributed by atoms with Crippen molar-refractivity contribution in [1.82, 2.24) is 5.32 Å². The van der Waals surface area contributed by atoms with Crippen molar-refractivity contribution < 1.29 is 33.3 Å². The number of esters is 1. The van der Waals surface area contributed by atoms with Crippen LogP contribution in [0.15, 0.2) is 42.5 Å². The van der Waals surface area contributed by atoms with Crippen molar-refractivity contribution >= 4 is 11.9 Å². The zero-order chi connectivity index (χ0) is 19.9. The average molecular weight is 387 g/mol. The number of hydrogen-bond acceptors (Lipinski definition) is 7. The number of hydrogen-bond donors (Lipinski definition) is 1. The van der Waals surface area contributed by atoms with E-state index >= 15 is 0 Å². The van der Waals surface area contributed by atoms with Gasteiger partial charge in [-0.1, -0.05) is 18.2 Å². The first kappa shape index (κ1) is 19.3. The lowest BCUT2D eigenvalue weighted by Crippen LogP contribution is -2.39. The Morgan fingerprint density at radius 3 is 2.57 bits per heavy atom. The molecule has 0 saturated heterocycles. The molecule has 148 valence electrons. The molecule has 0 unspecified atom stereocenters. The summed E-state index contributed by atoms with van der Waals surface area (Å²) >= 11 is 0. The number of carbonyl (C=O) groups excluding carboxylic acids is 2. The summed E-state index contributed by atoms with van der Waals surface area (Å²) in [5.41, 5.74) is 0.818. The summed E-state index contributed by atoms with van der Waals surface area (Å²) in [6, 6.07) is 12.3. The van der Waals surface area contributed by atoms with E-state index in [1.807, 2.05) is 6.07 Å². The quantitative estimate of drug-likeness (QED) is 0.723. The summed E-state index contributed by atoms with van der Waals surface area (Å²) in [5, 5.41) is 2.68. The van der Waals surface area contributed by atoms with Gasteiger partial charge < -0.3 is 29.0 Å². The Bertz CT molecular complexity index is 852. The molecule has 1 amide bonds. The predicted molar refractivity (Wildman–Crippen MR) is 98.7 cm³/mol. The fraction of sp³-hybridized carbons (Fsp3) is 0.300. The highest BCUT2D eigenvalue weighted by Gasteiger charge is 2.29. The second-order valence-electron chi connectivity index (χ2n) is 5.94. The van der Waals surface area contributed by atoms with Gasteiger partial charge in [-0.3, -0.25) is 4.79 Å². The highest BCUT2D eigenvalue weighted by atomic mass is 16.6. The van der Waals surface area contributed by atoms with Gasteiger partial charge >= 0.3 is 5.97 Å². The number of methoxy groups -OCH3 is 2. The third-order valence-corrected chi connectivity index (χ3v) is 4.05. The van der Waals surface area contributed by atoms with Crippen LogP contribution in [0.3, 0.4) is 0 Å². The predicted octanol–water partition coefficient (Wildman–Crippen LogP) is 1.70. The molecule has 0 spiro atoms. The van der Waals surface area contributed by atoms with Crippen molar-refractivity contribution in [3.8, 4) is 23.0 Å². The first-order valence-electron chi connectivity index (χ1n) is 8.63. The van der Waals surface area contributed by atoms with E-state index in [1.165, 1.54) is 7.11 Å². The van der Waals surface area contributed by atoms with Gasteiger partial charge in [0.25, 0.3) is 5.91 Å². The number of ether oxygens (including phenoxy) is 5. The van der Waals surface area contributed by atoms with Crippen LogP contribution in [0, 0.1) is 0 Å². The Morgan fingerprint density at radius 1 is 1.07 bits per heavy atom. The Kier molecular flexibility index (Phi) is 6.21. The van der Waals surface area contributed by atoms with Crippen LogP contribution in [0.25, 0.3) is 0 Å². The van der Waals surface area contributed by atoms with E-state index in [4.69, 9.17) is 23.7 Å². The monoisotopic (exact) mass is 387 g/mol. The molecule has 1 N–H and O–H groups in total. The molecular weight excluding hydrogens is 366 g/mol. The topological polar surface area (TPSA) is 92.3 Å². The summed E-state index contributed by atoms with van der Waals surface area (Å²) in [6.45, 7) is -0.121. The zero-order valence-corrected chi connectivity index (χ0v) is 15.6. The molecule has 28 heavy (non-hydrogen) atoms. The van der Waals surface area contributed by atoms with Gasteiger partial charge in [0.2, 0.25) is 6.10 Å². The minimum Gasteiger partial charge on any atom is -0.493 e. The molecule has 0 fully saturated rings. The summed E-state index contributed by atoms with van der Waals surface area (Å²) in [7, 11) is 3.09. The van der Waals surface area contributed by atoms with E-state index < -0.39 is 24.6 Å². The number of para-hydroxylation sites is 2. The molecule has 2 aromatic carbocycles. The largest absolute Gasteiger partial charge is 0.493 e. The highest BCUT2D eigenvalue weighted by Crippen LogP contribution is 2.31. The molecule has 8 nitrogen and oxygen atoms in total. The lowest BCUT2D eigenvalue weighted by atomic mass is 10.2. The summed E-state index contributed by atoms with van der Waals surface area (Å²) < 4.78 is 26.4. The van der Waals surface area contributed by atoms with Crippen molar-refractivity contribution in [2.45, 2.75) is 12.6 Å². The minimum absolute atomic E-state index is 0.0309. The van der Waals surface area contributed by atoms with Crippen molar-refractivity contribution in [1.29, 1.82) is 0 Å². The number of carbonyl (C=O) groups is 2. The second-order valence-corrected chi connectivity index (χ2v) is 5.94. The van der Waals surface area contributed by atoms with Crippen molar-refractivity contribution in [3.63, 3.8) is 0 Å². The van der Waals surface area contributed by atoms with E-state index in [0.29, 0.717) is 23.0 Å². The van der Waals surface area contributed by atoms with Gasteiger partial charge in [-0.05, 0) is 29.8 Å². The SMILES string of the molecule is COc1ccc(CNC(=O)COC(=O)[C@H]2COc3ccccc3O2)cc1OC. The normalized spacial score (nSPS) is 14.7. The third-order valence-electron chi connectivity index (χ3n) is 4.05. The lowest BCUT2D eigenvalue weighted by Gasteiger charge is -2.24. The van der Waals surface area contributed by atoms with Crippen molar-refractivity contribution in [2.75, 3.05) is 27.4 Å². The molecule has 1 atom stereocenters. The number of fused-ring (bicyclic) bond motifs is 1. The first-order chi connectivity index (χ1) is 13.6. The average Bonchev–Trinajstić information content (AvgIpc) is 2.75. The summed E-state index contributed by atoms with van der Waals surface area (Å²) in [6.07, 6.45) is -0.909. The van der Waals surface area contributed by atoms with Gasteiger partial charge in [0, 0.05) is 6.54 Å². The van der Waals surface area contributed by atoms with Gasteiger partial charge in [0.05, 0.1) is 14.2 Å². The van der Waals surface area contributed by atoms with E-state index in [0.717, 1.165) is 5.56 Å². The van der Waals surface area contributed by atoms with Crippen LogP contribution >= 0.6 is 0 Å². The standard InChI is InChI=1S/C20H21NO7/c1-24-14-8-7-13(9-17(14)25-2)10-21-19(22)12-27-20(23)18-11-26-15-5-3-4-6-16(15)28-18/h3-9,18H,10-12H2,1-2H3,(H,21,22)/t18-/m1/s1. The lowest BCUT2D eigenvalue weighted by molar-refractivity contribution is -0.157. The molecule has 0 aliphatic carbocycles. The fourth-order valence-corrected chi connectivity index (χ4v) is 2.61. The molecule has 8 heteroatoms. The molecular formula is C20H21NO7. The number of benzene rings is 2. The fourth-order valence-electron chi connectivity index (χ4n) is 2.61. The maximum Gasteiger partial charge on any atom is 0.351 e. The Labute approximate surface area is 162 Å². The van der Waals surface area contributed by atoms with Crippen LogP contribution in [0.5, 0.6) is 23.0 Å². The van der Waals surface area contributed by atoms with Crippen molar-refractivity contribution in [3.05, 3.63) is 48.0 Å². The Morgan fingerprint density at radius 2 is 1.82 bits per heavy atom. The molecule has 1 aliphatic rings. The smallest absolute Gasteiger partial charge is 0.351 e. The number of rotatable bonds is 7. The number of amides is 1. The number of nitrogens with one attached hydrogen (secondary N) is 1. The van der Waals surface area contributed by atoms with Gasteiger partial charge in [0.1, 0.15) is 6.61 Å². The van der Waals surface area contributed by atoms with Crippen LogP contribution in [0.1, 0.15) is 5.56 Å². The summed E-state index contributed by atoms with van der Waals surface area (Å²) in [4.78, 5) is 24.1. The molecule has 0 bridgehead atoms. The van der Waals surface area contributed by atoms with Crippen LogP contribution in [-0.2, 0) is 20.9 Å². The molecule has 0 radical (unpaired) electrons. The molecule has 1 aliphatic heterocycles. The molecule has 2 aromatic rings. The van der Waals surface area contributed by atoms with Gasteiger partial charge in [-0.25, -0.2) is 4.79 Å². The van der Waals surface area contributed by atoms with Crippen LogP contribution in [-0.4, -0.2) is 45.4 Å². The van der Waals surface area contributed by atoms with Crippen LogP contribution < -0.4 is 24.3 Å². The van der Waals surface area contributed by atoms with E-state index in [9.17, 15) is 9.59 Å². The highest BCUT2D eigenvalue weighted by molar-refractivity contribution is 5.82. The van der Waals surface area contributed by atoms with Crippen molar-refractivity contribution in [2.24, 2.45) is 0 Å². The molecule has 1 heterocycles. The first-order valence-corrected chi connectivity index (χ1v) is 8.63.